The van der Waals surface area contributed by atoms with Crippen LogP contribution in [0.15, 0.2) is 12.1 Å². The van der Waals surface area contributed by atoms with Gasteiger partial charge >= 0.3 is 88.7 Å². The van der Waals surface area contributed by atoms with Gasteiger partial charge in [0.15, 0.2) is 0 Å². The molecule has 1 N–H and O–H groups in total. The second-order valence-corrected chi connectivity index (χ2v) is 9.39. The quantitative estimate of drug-likeness (QED) is 0.111. The van der Waals surface area contributed by atoms with Gasteiger partial charge in [0, 0.05) is 28.9 Å². The van der Waals surface area contributed by atoms with Gasteiger partial charge in [-0.15, -0.1) is 0 Å². The Morgan fingerprint density at radius 1 is 0.553 bits per heavy atom. The van der Waals surface area contributed by atoms with Crippen LogP contribution in [-0.4, -0.2) is 24.5 Å². The first-order valence-corrected chi connectivity index (χ1v) is 13.4. The first kappa shape index (κ1) is 42.9. The molecule has 0 unspecified atom stereocenters. The molecule has 38 heavy (non-hydrogen) atoms. The van der Waals surface area contributed by atoms with Gasteiger partial charge in [-0.25, -0.2) is 0 Å². The van der Waals surface area contributed by atoms with Crippen LogP contribution in [0.1, 0.15) is 147 Å². The van der Waals surface area contributed by atoms with Crippen molar-refractivity contribution >= 4 is 23.6 Å². The van der Waals surface area contributed by atoms with Gasteiger partial charge in [0.1, 0.15) is 0 Å². The summed E-state index contributed by atoms with van der Waals surface area (Å²) in [5.41, 5.74) is -2.22. The van der Waals surface area contributed by atoms with Crippen LogP contribution in [-0.2, 0) is 0 Å². The molecular weight excluding hydrogens is 515 g/mol. The van der Waals surface area contributed by atoms with Gasteiger partial charge in [-0.1, -0.05) is 110 Å². The van der Waals surface area contributed by atoms with Crippen LogP contribution in [0, 0.1) is 0 Å². The molecular formula is C28H42NNa3O6. The normalized spacial score (nSPS) is 10.0. The maximum Gasteiger partial charge on any atom is 1.00 e. The number of rotatable bonds is 22. The molecule has 0 saturated carbocycles. The summed E-state index contributed by atoms with van der Waals surface area (Å²) in [5.74, 6) is -5.47. The molecule has 0 aromatic heterocycles. The Hall–Kier alpha value is 0.430. The standard InChI is InChI=1S/C28H45NO6.3Na/c1-2-3-4-5-6-7-8-9-10-11-12-13-14-15-16-17-18-19-29-22-20-23(26(30)31)25(28(34)35)24(21-22)27(32)33;;;/h20-21,29H,2-19H2,1H3,(H,30,31)(H,32,33)(H,34,35);;;/q;3*+1/p-3. The number of hydrogen-bond acceptors (Lipinski definition) is 7. The average molecular weight is 558 g/mol. The summed E-state index contributed by atoms with van der Waals surface area (Å²) in [6.45, 7) is 2.77. The zero-order chi connectivity index (χ0) is 25.9. The number of carbonyl (C=O) groups is 3. The predicted octanol–water partition coefficient (Wildman–Crippen LogP) is -5.15. The fourth-order valence-electron chi connectivity index (χ4n) is 4.37. The maximum absolute atomic E-state index is 11.3. The van der Waals surface area contributed by atoms with Crippen LogP contribution >= 0.6 is 0 Å². The van der Waals surface area contributed by atoms with Crippen molar-refractivity contribution in [3.05, 3.63) is 28.8 Å². The average Bonchev–Trinajstić information content (AvgIpc) is 2.82. The Bertz CT molecular complexity index is 757. The molecule has 7 nitrogen and oxygen atoms in total. The first-order chi connectivity index (χ1) is 16.9. The fraction of sp³-hybridized carbons (Fsp3) is 0.679. The fourth-order valence-corrected chi connectivity index (χ4v) is 4.37. The molecule has 0 amide bonds. The molecule has 0 saturated heterocycles. The number of carbonyl (C=O) groups excluding carboxylic acids is 3. The van der Waals surface area contributed by atoms with E-state index >= 15 is 0 Å². The molecule has 0 aliphatic carbocycles. The van der Waals surface area contributed by atoms with Gasteiger partial charge < -0.3 is 35.0 Å². The van der Waals surface area contributed by atoms with E-state index in [4.69, 9.17) is 0 Å². The summed E-state index contributed by atoms with van der Waals surface area (Å²) < 4.78 is 0. The molecule has 0 atom stereocenters. The molecule has 0 aliphatic rings. The summed E-state index contributed by atoms with van der Waals surface area (Å²) >= 11 is 0. The van der Waals surface area contributed by atoms with E-state index in [1.807, 2.05) is 0 Å². The van der Waals surface area contributed by atoms with E-state index in [0.29, 0.717) is 6.54 Å². The summed E-state index contributed by atoms with van der Waals surface area (Å²) in [5, 5.41) is 36.6. The van der Waals surface area contributed by atoms with E-state index in [9.17, 15) is 29.7 Å². The number of aromatic carboxylic acids is 3. The molecule has 0 fully saturated rings. The maximum atomic E-state index is 11.3. The molecule has 0 aliphatic heterocycles. The molecule has 0 bridgehead atoms. The molecule has 0 spiro atoms. The van der Waals surface area contributed by atoms with Crippen LogP contribution < -0.4 is 109 Å². The van der Waals surface area contributed by atoms with Crippen molar-refractivity contribution in [1.29, 1.82) is 0 Å². The topological polar surface area (TPSA) is 132 Å². The Morgan fingerprint density at radius 3 is 1.16 bits per heavy atom. The molecule has 1 rings (SSSR count). The number of hydrogen-bond donors (Lipinski definition) is 1. The van der Waals surface area contributed by atoms with Crippen LogP contribution in [0.5, 0.6) is 0 Å². The van der Waals surface area contributed by atoms with Crippen molar-refractivity contribution in [1.82, 2.24) is 0 Å². The van der Waals surface area contributed by atoms with Crippen LogP contribution in [0.25, 0.3) is 0 Å². The predicted molar refractivity (Wildman–Crippen MR) is 132 cm³/mol. The van der Waals surface area contributed by atoms with E-state index in [1.54, 1.807) is 0 Å². The minimum Gasteiger partial charge on any atom is -0.545 e. The third-order valence-electron chi connectivity index (χ3n) is 6.39. The zero-order valence-electron chi connectivity index (χ0n) is 24.3. The second-order valence-electron chi connectivity index (χ2n) is 9.39. The first-order valence-electron chi connectivity index (χ1n) is 13.4. The zero-order valence-corrected chi connectivity index (χ0v) is 30.3. The number of anilines is 1. The van der Waals surface area contributed by atoms with Crippen LogP contribution in [0.4, 0.5) is 5.69 Å². The summed E-state index contributed by atoms with van der Waals surface area (Å²) in [6.07, 6.45) is 21.6. The summed E-state index contributed by atoms with van der Waals surface area (Å²) in [6, 6.07) is 2.11. The Balaban J connectivity index is -0.00000408. The van der Waals surface area contributed by atoms with Crippen molar-refractivity contribution in [2.75, 3.05) is 11.9 Å². The number of carboxylic acids is 3. The monoisotopic (exact) mass is 557 g/mol. The van der Waals surface area contributed by atoms with E-state index in [-0.39, 0.29) is 94.4 Å². The molecule has 10 heteroatoms. The van der Waals surface area contributed by atoms with E-state index < -0.39 is 34.6 Å². The molecule has 198 valence electrons. The molecule has 1 aromatic carbocycles. The van der Waals surface area contributed by atoms with Crippen molar-refractivity contribution in [2.24, 2.45) is 0 Å². The smallest absolute Gasteiger partial charge is 0.545 e. The molecule has 1 aromatic rings. The van der Waals surface area contributed by atoms with Crippen LogP contribution in [0.2, 0.25) is 0 Å². The minimum absolute atomic E-state index is 0. The number of carboxylic acid groups (broad SMARTS) is 3. The van der Waals surface area contributed by atoms with Crippen molar-refractivity contribution in [3.8, 4) is 0 Å². The van der Waals surface area contributed by atoms with Gasteiger partial charge in [-0.05, 0) is 18.6 Å². The van der Waals surface area contributed by atoms with Crippen molar-refractivity contribution in [2.45, 2.75) is 116 Å². The van der Waals surface area contributed by atoms with Crippen molar-refractivity contribution < 1.29 is 118 Å². The number of benzene rings is 1. The van der Waals surface area contributed by atoms with Crippen molar-refractivity contribution in [3.63, 3.8) is 0 Å². The Morgan fingerprint density at radius 2 is 0.868 bits per heavy atom. The van der Waals surface area contributed by atoms with Gasteiger partial charge in [-0.3, -0.25) is 0 Å². The largest absolute Gasteiger partial charge is 1.00 e. The van der Waals surface area contributed by atoms with Gasteiger partial charge in [-0.2, -0.15) is 0 Å². The van der Waals surface area contributed by atoms with E-state index in [0.717, 1.165) is 31.4 Å². The van der Waals surface area contributed by atoms with E-state index in [1.165, 1.54) is 89.9 Å². The van der Waals surface area contributed by atoms with Gasteiger partial charge in [0.25, 0.3) is 0 Å². The van der Waals surface area contributed by atoms with Gasteiger partial charge in [0.05, 0.1) is 17.9 Å². The second kappa shape index (κ2) is 27.6. The SMILES string of the molecule is CCCCCCCCCCCCCCCCCCCNc1cc(C(=O)[O-])c(C(=O)[O-])c(C(=O)[O-])c1.[Na+].[Na+].[Na+]. The molecule has 0 radical (unpaired) electrons. The summed E-state index contributed by atoms with van der Waals surface area (Å²) in [7, 11) is 0. The third kappa shape index (κ3) is 19.5. The van der Waals surface area contributed by atoms with Gasteiger partial charge in [0.2, 0.25) is 0 Å². The summed E-state index contributed by atoms with van der Waals surface area (Å²) in [4.78, 5) is 33.7. The van der Waals surface area contributed by atoms with E-state index in [2.05, 4.69) is 12.2 Å². The number of unbranched alkanes of at least 4 members (excludes halogenated alkanes) is 16. The minimum atomic E-state index is -1.90. The third-order valence-corrected chi connectivity index (χ3v) is 6.39. The molecule has 0 heterocycles. The number of nitrogens with one attached hydrogen (secondary N) is 1. The van der Waals surface area contributed by atoms with Crippen LogP contribution in [0.3, 0.4) is 0 Å². The Kier molecular flexibility index (Phi) is 31.1. The Labute approximate surface area is 295 Å².